The summed E-state index contributed by atoms with van der Waals surface area (Å²) in [5.74, 6) is 1.28. The predicted molar refractivity (Wildman–Crippen MR) is 123 cm³/mol. The van der Waals surface area contributed by atoms with E-state index in [-0.39, 0.29) is 18.9 Å². The van der Waals surface area contributed by atoms with E-state index in [0.717, 1.165) is 31.7 Å². The number of hydrogen-bond acceptors (Lipinski definition) is 5. The molecular weight excluding hydrogens is 412 g/mol. The number of nitrogens with one attached hydrogen (secondary N) is 1. The Morgan fingerprint density at radius 2 is 1.68 bits per heavy atom. The number of benzene rings is 1. The lowest BCUT2D eigenvalue weighted by Gasteiger charge is -2.36. The zero-order valence-corrected chi connectivity index (χ0v) is 20.0. The molecule has 31 heavy (non-hydrogen) atoms. The van der Waals surface area contributed by atoms with Gasteiger partial charge in [-0.25, -0.2) is 8.42 Å². The Morgan fingerprint density at radius 1 is 1.06 bits per heavy atom. The van der Waals surface area contributed by atoms with E-state index in [1.54, 1.807) is 12.1 Å². The molecule has 0 bridgehead atoms. The minimum Gasteiger partial charge on any atom is -0.340 e. The lowest BCUT2D eigenvalue weighted by atomic mass is 9.92. The number of aryl methyl sites for hydroxylation is 1. The Hall–Kier alpha value is -1.48. The van der Waals surface area contributed by atoms with E-state index in [4.69, 9.17) is 0 Å². The minimum absolute atomic E-state index is 0.0332. The first kappa shape index (κ1) is 24.2. The molecule has 1 aromatic rings. The van der Waals surface area contributed by atoms with Crippen molar-refractivity contribution in [1.82, 2.24) is 19.4 Å². The van der Waals surface area contributed by atoms with Crippen LogP contribution >= 0.6 is 0 Å². The van der Waals surface area contributed by atoms with Crippen LogP contribution < -0.4 is 5.32 Å². The number of sulfonamides is 1. The molecule has 7 nitrogen and oxygen atoms in total. The number of piperazine rings is 1. The van der Waals surface area contributed by atoms with E-state index in [2.05, 4.69) is 24.1 Å². The maximum atomic E-state index is 13.4. The first-order valence-corrected chi connectivity index (χ1v) is 13.0. The van der Waals surface area contributed by atoms with E-state index in [0.29, 0.717) is 42.9 Å². The van der Waals surface area contributed by atoms with Gasteiger partial charge in [-0.05, 0) is 37.3 Å². The third kappa shape index (κ3) is 6.75. The predicted octanol–water partition coefficient (Wildman–Crippen LogP) is 1.79. The van der Waals surface area contributed by atoms with Crippen molar-refractivity contribution in [1.29, 1.82) is 0 Å². The molecule has 2 saturated heterocycles. The van der Waals surface area contributed by atoms with Crippen molar-refractivity contribution in [2.75, 3.05) is 58.9 Å². The van der Waals surface area contributed by atoms with Crippen LogP contribution in [-0.4, -0.2) is 87.3 Å². The number of likely N-dealkylation sites (tertiary alicyclic amines) is 1. The zero-order valence-electron chi connectivity index (χ0n) is 19.2. The number of carbonyl (C=O) groups is 1. The third-order valence-electron chi connectivity index (χ3n) is 6.31. The standard InChI is InChI=1S/C23H38N4O3S/c1-19-4-6-22(7-5-19)31(29,30)27(11-8-23(28)26-12-9-24-10-13-26)15-14-25-17-20(2)16-21(3)18-25/h4-7,20-21,24H,8-18H2,1-3H3. The molecule has 2 fully saturated rings. The van der Waals surface area contributed by atoms with Crippen molar-refractivity contribution in [3.63, 3.8) is 0 Å². The Labute approximate surface area is 187 Å². The van der Waals surface area contributed by atoms with Crippen LogP contribution in [0.4, 0.5) is 0 Å². The number of amides is 1. The molecule has 2 unspecified atom stereocenters. The summed E-state index contributed by atoms with van der Waals surface area (Å²) < 4.78 is 28.3. The van der Waals surface area contributed by atoms with Gasteiger partial charge >= 0.3 is 0 Å². The van der Waals surface area contributed by atoms with E-state index in [9.17, 15) is 13.2 Å². The molecule has 0 spiro atoms. The Bertz CT molecular complexity index is 812. The van der Waals surface area contributed by atoms with Gasteiger partial charge in [-0.2, -0.15) is 4.31 Å². The van der Waals surface area contributed by atoms with E-state index in [1.807, 2.05) is 24.0 Å². The highest BCUT2D eigenvalue weighted by molar-refractivity contribution is 7.89. The molecule has 0 saturated carbocycles. The summed E-state index contributed by atoms with van der Waals surface area (Å²) in [6.45, 7) is 12.8. The number of carbonyl (C=O) groups excluding carboxylic acids is 1. The quantitative estimate of drug-likeness (QED) is 0.654. The minimum atomic E-state index is -3.65. The number of piperidine rings is 1. The highest BCUT2D eigenvalue weighted by Gasteiger charge is 2.28. The van der Waals surface area contributed by atoms with Crippen molar-refractivity contribution < 1.29 is 13.2 Å². The van der Waals surface area contributed by atoms with Crippen LogP contribution in [0.3, 0.4) is 0 Å². The van der Waals surface area contributed by atoms with Gasteiger partial charge in [-0.1, -0.05) is 31.5 Å². The summed E-state index contributed by atoms with van der Waals surface area (Å²) in [6, 6.07) is 6.98. The van der Waals surface area contributed by atoms with Gasteiger partial charge in [-0.3, -0.25) is 4.79 Å². The van der Waals surface area contributed by atoms with Gasteiger partial charge in [0.2, 0.25) is 15.9 Å². The molecule has 174 valence electrons. The number of rotatable bonds is 8. The summed E-state index contributed by atoms with van der Waals surface area (Å²) >= 11 is 0. The SMILES string of the molecule is Cc1ccc(S(=O)(=O)N(CCC(=O)N2CCNCC2)CCN2CC(C)CC(C)C2)cc1. The third-order valence-corrected chi connectivity index (χ3v) is 8.23. The van der Waals surface area contributed by atoms with Crippen molar-refractivity contribution in [2.45, 2.75) is 38.5 Å². The maximum Gasteiger partial charge on any atom is 0.243 e. The zero-order chi connectivity index (χ0) is 22.4. The fourth-order valence-corrected chi connectivity index (χ4v) is 6.16. The molecule has 0 radical (unpaired) electrons. The van der Waals surface area contributed by atoms with Gasteiger partial charge in [0, 0.05) is 65.3 Å². The first-order chi connectivity index (χ1) is 14.8. The molecule has 2 aliphatic rings. The molecule has 2 atom stereocenters. The number of nitrogens with zero attached hydrogens (tertiary/aromatic N) is 3. The molecule has 2 heterocycles. The summed E-state index contributed by atoms with van der Waals surface area (Å²) in [7, 11) is -3.65. The van der Waals surface area contributed by atoms with E-state index >= 15 is 0 Å². The van der Waals surface area contributed by atoms with Crippen LogP contribution in [0.1, 0.15) is 32.3 Å². The summed E-state index contributed by atoms with van der Waals surface area (Å²) in [5.41, 5.74) is 1.02. The van der Waals surface area contributed by atoms with Crippen LogP contribution in [0.2, 0.25) is 0 Å². The molecule has 8 heteroatoms. The monoisotopic (exact) mass is 450 g/mol. The molecule has 1 aromatic carbocycles. The van der Waals surface area contributed by atoms with Crippen molar-refractivity contribution in [3.8, 4) is 0 Å². The van der Waals surface area contributed by atoms with E-state index in [1.165, 1.54) is 10.7 Å². The fourth-order valence-electron chi connectivity index (χ4n) is 4.73. The molecule has 0 aromatic heterocycles. The highest BCUT2D eigenvalue weighted by Crippen LogP contribution is 2.22. The van der Waals surface area contributed by atoms with Gasteiger partial charge in [-0.15, -0.1) is 0 Å². The van der Waals surface area contributed by atoms with Gasteiger partial charge in [0.1, 0.15) is 0 Å². The smallest absolute Gasteiger partial charge is 0.243 e. The summed E-state index contributed by atoms with van der Waals surface area (Å²) in [5, 5.41) is 3.24. The van der Waals surface area contributed by atoms with Crippen molar-refractivity contribution >= 4 is 15.9 Å². The van der Waals surface area contributed by atoms with Crippen LogP contribution in [-0.2, 0) is 14.8 Å². The Kier molecular flexibility index (Phi) is 8.50. The summed E-state index contributed by atoms with van der Waals surface area (Å²) in [6.07, 6.45) is 1.44. The van der Waals surface area contributed by atoms with Crippen LogP contribution in [0, 0.1) is 18.8 Å². The van der Waals surface area contributed by atoms with Crippen molar-refractivity contribution in [2.24, 2.45) is 11.8 Å². The van der Waals surface area contributed by atoms with Crippen molar-refractivity contribution in [3.05, 3.63) is 29.8 Å². The van der Waals surface area contributed by atoms with Crippen LogP contribution in [0.25, 0.3) is 0 Å². The molecule has 1 amide bonds. The molecule has 1 N–H and O–H groups in total. The molecule has 3 rings (SSSR count). The first-order valence-electron chi connectivity index (χ1n) is 11.5. The van der Waals surface area contributed by atoms with Crippen LogP contribution in [0.15, 0.2) is 29.2 Å². The Morgan fingerprint density at radius 3 is 2.29 bits per heavy atom. The average molecular weight is 451 g/mol. The average Bonchev–Trinajstić information content (AvgIpc) is 2.73. The molecule has 0 aliphatic carbocycles. The lowest BCUT2D eigenvalue weighted by molar-refractivity contribution is -0.131. The van der Waals surface area contributed by atoms with E-state index < -0.39 is 10.0 Å². The topological polar surface area (TPSA) is 73.0 Å². The van der Waals surface area contributed by atoms with Gasteiger partial charge in [0.25, 0.3) is 0 Å². The van der Waals surface area contributed by atoms with Gasteiger partial charge < -0.3 is 15.1 Å². The largest absolute Gasteiger partial charge is 0.340 e. The number of hydrogen-bond donors (Lipinski definition) is 1. The fraction of sp³-hybridized carbons (Fsp3) is 0.696. The lowest BCUT2D eigenvalue weighted by Crippen LogP contribution is -2.48. The van der Waals surface area contributed by atoms with Crippen LogP contribution in [0.5, 0.6) is 0 Å². The van der Waals surface area contributed by atoms with Gasteiger partial charge in [0.15, 0.2) is 0 Å². The maximum absolute atomic E-state index is 13.4. The summed E-state index contributed by atoms with van der Waals surface area (Å²) in [4.78, 5) is 17.2. The second kappa shape index (κ2) is 10.9. The second-order valence-electron chi connectivity index (χ2n) is 9.30. The van der Waals surface area contributed by atoms with Gasteiger partial charge in [0.05, 0.1) is 4.90 Å². The molecule has 2 aliphatic heterocycles. The highest BCUT2D eigenvalue weighted by atomic mass is 32.2. The molecular formula is C23H38N4O3S. The Balaban J connectivity index is 1.69. The normalized spacial score (nSPS) is 23.3. The second-order valence-corrected chi connectivity index (χ2v) is 11.2.